The molecule has 0 amide bonds. The summed E-state index contributed by atoms with van der Waals surface area (Å²) in [5.74, 6) is 0.531. The number of unbranched alkanes of at least 4 members (excludes halogenated alkanes) is 6. The summed E-state index contributed by atoms with van der Waals surface area (Å²) in [7, 11) is 0. The summed E-state index contributed by atoms with van der Waals surface area (Å²) in [6.07, 6.45) is 15.2. The molecule has 6 nitrogen and oxygen atoms in total. The van der Waals surface area contributed by atoms with Crippen LogP contribution in [0.4, 0.5) is 0 Å². The Morgan fingerprint density at radius 3 is 2.03 bits per heavy atom. The molecule has 0 aromatic heterocycles. The highest BCUT2D eigenvalue weighted by Gasteiger charge is 2.14. The molecule has 2 aromatic rings. The maximum absolute atomic E-state index is 12.5. The van der Waals surface area contributed by atoms with Gasteiger partial charge in [-0.25, -0.2) is 9.59 Å². The average molecular weight is 523 g/mol. The van der Waals surface area contributed by atoms with Crippen LogP contribution < -0.4 is 9.47 Å². The highest BCUT2D eigenvalue weighted by atomic mass is 16.5. The molecule has 2 aromatic carbocycles. The molecule has 0 atom stereocenters. The van der Waals surface area contributed by atoms with E-state index in [0.717, 1.165) is 62.7 Å². The fraction of sp³-hybridized carbons (Fsp3) is 0.500. The number of hydrogen-bond acceptors (Lipinski definition) is 6. The first-order valence-electron chi connectivity index (χ1n) is 14.1. The second-order valence-electron chi connectivity index (χ2n) is 9.82. The van der Waals surface area contributed by atoms with Crippen molar-refractivity contribution < 1.29 is 28.5 Å². The predicted molar refractivity (Wildman–Crippen MR) is 148 cm³/mol. The van der Waals surface area contributed by atoms with E-state index in [4.69, 9.17) is 18.9 Å². The van der Waals surface area contributed by atoms with Gasteiger partial charge in [0.2, 0.25) is 0 Å². The molecule has 3 rings (SSSR count). The molecule has 1 saturated carbocycles. The standard InChI is InChI=1S/C32H42O6/c1-2-31(33)36-24-12-7-5-3-4-6-11-23-35-29-21-17-27(18-22-29)32(34)38-30-19-15-26(16-20-30)25-37-28-13-9-8-10-14-28/h2,15-22,28H,1,3-14,23-25H2. The molecule has 1 fully saturated rings. The van der Waals surface area contributed by atoms with Crippen LogP contribution in [0, 0.1) is 0 Å². The summed E-state index contributed by atoms with van der Waals surface area (Å²) in [5.41, 5.74) is 1.57. The molecule has 0 heterocycles. The quantitative estimate of drug-likeness (QED) is 0.0922. The van der Waals surface area contributed by atoms with Crippen molar-refractivity contribution in [1.29, 1.82) is 0 Å². The third-order valence-electron chi connectivity index (χ3n) is 6.73. The van der Waals surface area contributed by atoms with Gasteiger partial charge < -0.3 is 18.9 Å². The van der Waals surface area contributed by atoms with E-state index in [9.17, 15) is 9.59 Å². The maximum Gasteiger partial charge on any atom is 0.343 e. The molecule has 0 saturated heterocycles. The summed E-state index contributed by atoms with van der Waals surface area (Å²) in [6, 6.07) is 14.6. The summed E-state index contributed by atoms with van der Waals surface area (Å²) in [6.45, 7) is 5.09. The van der Waals surface area contributed by atoms with E-state index in [1.807, 2.05) is 36.4 Å². The van der Waals surface area contributed by atoms with E-state index in [1.165, 1.54) is 31.8 Å². The Labute approximate surface area is 227 Å². The molecule has 0 bridgehead atoms. The lowest BCUT2D eigenvalue weighted by Gasteiger charge is -2.22. The van der Waals surface area contributed by atoms with Gasteiger partial charge in [0.05, 0.1) is 31.5 Å². The van der Waals surface area contributed by atoms with Crippen molar-refractivity contribution in [2.75, 3.05) is 13.2 Å². The van der Waals surface area contributed by atoms with Crippen molar-refractivity contribution in [1.82, 2.24) is 0 Å². The van der Waals surface area contributed by atoms with Crippen LogP contribution in [0.15, 0.2) is 61.2 Å². The van der Waals surface area contributed by atoms with E-state index < -0.39 is 0 Å². The molecule has 0 spiro atoms. The van der Waals surface area contributed by atoms with Crippen molar-refractivity contribution in [3.05, 3.63) is 72.3 Å². The molecule has 38 heavy (non-hydrogen) atoms. The first kappa shape index (κ1) is 29.4. The Kier molecular flexibility index (Phi) is 13.5. The van der Waals surface area contributed by atoms with Gasteiger partial charge in [-0.2, -0.15) is 0 Å². The number of carbonyl (C=O) groups excluding carboxylic acids is 2. The van der Waals surface area contributed by atoms with Crippen LogP contribution in [0.2, 0.25) is 0 Å². The minimum atomic E-state index is -0.387. The zero-order valence-electron chi connectivity index (χ0n) is 22.5. The van der Waals surface area contributed by atoms with Gasteiger partial charge in [-0.15, -0.1) is 0 Å². The highest BCUT2D eigenvalue weighted by molar-refractivity contribution is 5.91. The first-order valence-corrected chi connectivity index (χ1v) is 14.1. The Hall–Kier alpha value is -3.12. The molecule has 0 unspecified atom stereocenters. The van der Waals surface area contributed by atoms with Crippen LogP contribution in [0.5, 0.6) is 11.5 Å². The van der Waals surface area contributed by atoms with Crippen LogP contribution in [-0.2, 0) is 20.9 Å². The SMILES string of the molecule is C=CC(=O)OCCCCCCCCCOc1ccc(C(=O)Oc2ccc(COC3CCCCC3)cc2)cc1. The van der Waals surface area contributed by atoms with E-state index >= 15 is 0 Å². The van der Waals surface area contributed by atoms with Gasteiger partial charge in [0.15, 0.2) is 0 Å². The third kappa shape index (κ3) is 11.5. The van der Waals surface area contributed by atoms with E-state index in [1.54, 1.807) is 12.1 Å². The second kappa shape index (κ2) is 17.4. The van der Waals surface area contributed by atoms with Crippen molar-refractivity contribution in [3.8, 4) is 11.5 Å². The van der Waals surface area contributed by atoms with E-state index in [-0.39, 0.29) is 11.9 Å². The molecule has 0 aliphatic heterocycles. The van der Waals surface area contributed by atoms with Gasteiger partial charge in [0.25, 0.3) is 0 Å². The Balaban J connectivity index is 1.25. The lowest BCUT2D eigenvalue weighted by Crippen LogP contribution is -2.16. The van der Waals surface area contributed by atoms with Gasteiger partial charge in [0.1, 0.15) is 11.5 Å². The van der Waals surface area contributed by atoms with Crippen LogP contribution in [-0.4, -0.2) is 31.3 Å². The second-order valence-corrected chi connectivity index (χ2v) is 9.82. The van der Waals surface area contributed by atoms with Crippen molar-refractivity contribution in [2.45, 2.75) is 89.8 Å². The fourth-order valence-corrected chi connectivity index (χ4v) is 4.46. The normalized spacial score (nSPS) is 13.6. The number of esters is 2. The smallest absolute Gasteiger partial charge is 0.343 e. The lowest BCUT2D eigenvalue weighted by atomic mass is 9.98. The zero-order valence-corrected chi connectivity index (χ0v) is 22.5. The molecule has 6 heteroatoms. The van der Waals surface area contributed by atoms with Gasteiger partial charge in [-0.3, -0.25) is 0 Å². The van der Waals surface area contributed by atoms with E-state index in [0.29, 0.717) is 37.2 Å². The molecule has 0 N–H and O–H groups in total. The summed E-state index contributed by atoms with van der Waals surface area (Å²) in [4.78, 5) is 23.5. The number of carbonyl (C=O) groups is 2. The third-order valence-corrected chi connectivity index (χ3v) is 6.73. The van der Waals surface area contributed by atoms with Gasteiger partial charge in [0, 0.05) is 6.08 Å². The number of hydrogen-bond donors (Lipinski definition) is 0. The number of ether oxygens (including phenoxy) is 4. The maximum atomic E-state index is 12.5. The molecule has 206 valence electrons. The van der Waals surface area contributed by atoms with Crippen molar-refractivity contribution >= 4 is 11.9 Å². The largest absolute Gasteiger partial charge is 0.494 e. The fourth-order valence-electron chi connectivity index (χ4n) is 4.46. The Morgan fingerprint density at radius 2 is 1.37 bits per heavy atom. The molecule has 0 radical (unpaired) electrons. The minimum absolute atomic E-state index is 0.351. The molecular formula is C32H42O6. The Morgan fingerprint density at radius 1 is 0.763 bits per heavy atom. The monoisotopic (exact) mass is 522 g/mol. The van der Waals surface area contributed by atoms with Crippen molar-refractivity contribution in [2.24, 2.45) is 0 Å². The van der Waals surface area contributed by atoms with Crippen LogP contribution in [0.1, 0.15) is 93.0 Å². The zero-order chi connectivity index (χ0) is 26.8. The van der Waals surface area contributed by atoms with E-state index in [2.05, 4.69) is 6.58 Å². The number of benzene rings is 2. The number of rotatable bonds is 17. The molecule has 1 aliphatic carbocycles. The minimum Gasteiger partial charge on any atom is -0.494 e. The van der Waals surface area contributed by atoms with Gasteiger partial charge in [-0.1, -0.05) is 70.1 Å². The van der Waals surface area contributed by atoms with Crippen LogP contribution in [0.3, 0.4) is 0 Å². The van der Waals surface area contributed by atoms with Gasteiger partial charge >= 0.3 is 11.9 Å². The average Bonchev–Trinajstić information content (AvgIpc) is 2.96. The topological polar surface area (TPSA) is 71.1 Å². The Bertz CT molecular complexity index is 960. The predicted octanol–water partition coefficient (Wildman–Crippen LogP) is 7.59. The molecular weight excluding hydrogens is 480 g/mol. The first-order chi connectivity index (χ1) is 18.6. The summed E-state index contributed by atoms with van der Waals surface area (Å²) >= 11 is 0. The summed E-state index contributed by atoms with van der Waals surface area (Å²) < 4.78 is 22.3. The lowest BCUT2D eigenvalue weighted by molar-refractivity contribution is -0.137. The van der Waals surface area contributed by atoms with Gasteiger partial charge in [-0.05, 0) is 67.6 Å². The highest BCUT2D eigenvalue weighted by Crippen LogP contribution is 2.22. The van der Waals surface area contributed by atoms with Crippen LogP contribution in [0.25, 0.3) is 0 Å². The molecule has 1 aliphatic rings. The van der Waals surface area contributed by atoms with Crippen LogP contribution >= 0.6 is 0 Å². The van der Waals surface area contributed by atoms with Crippen molar-refractivity contribution in [3.63, 3.8) is 0 Å². The summed E-state index contributed by atoms with van der Waals surface area (Å²) in [5, 5.41) is 0.